The summed E-state index contributed by atoms with van der Waals surface area (Å²) in [5.41, 5.74) is 1.30. The topological polar surface area (TPSA) is 83.6 Å². The molecule has 0 saturated heterocycles. The molecule has 1 aromatic carbocycles. The zero-order valence-electron chi connectivity index (χ0n) is 11.8. The fourth-order valence-corrected chi connectivity index (χ4v) is 2.37. The lowest BCUT2D eigenvalue weighted by molar-refractivity contribution is -0.115. The van der Waals surface area contributed by atoms with Crippen molar-refractivity contribution >= 4 is 27.8 Å². The van der Waals surface area contributed by atoms with Gasteiger partial charge in [-0.05, 0) is 45.8 Å². The number of benzene rings is 1. The minimum Gasteiger partial charge on any atom is -0.293 e. The van der Waals surface area contributed by atoms with Crippen LogP contribution in [0.15, 0.2) is 47.1 Å². The molecule has 2 aromatic heterocycles. The molecule has 0 saturated carbocycles. The molecule has 116 valence electrons. The van der Waals surface area contributed by atoms with E-state index in [-0.39, 0.29) is 24.1 Å². The van der Waals surface area contributed by atoms with Crippen molar-refractivity contribution in [2.24, 2.45) is 0 Å². The summed E-state index contributed by atoms with van der Waals surface area (Å²) in [5, 5.41) is 9.23. The number of nitrogens with one attached hydrogen (secondary N) is 2. The molecule has 3 rings (SSSR count). The van der Waals surface area contributed by atoms with E-state index in [9.17, 15) is 9.18 Å². The first-order valence-electron chi connectivity index (χ1n) is 6.69. The molecule has 0 atom stereocenters. The Morgan fingerprint density at radius 3 is 2.91 bits per heavy atom. The number of carbonyl (C=O) groups is 1. The highest BCUT2D eigenvalue weighted by atomic mass is 79.9. The van der Waals surface area contributed by atoms with E-state index in [1.807, 2.05) is 6.07 Å². The second-order valence-corrected chi connectivity index (χ2v) is 5.55. The summed E-state index contributed by atoms with van der Waals surface area (Å²) in [6, 6.07) is 9.82. The van der Waals surface area contributed by atoms with Crippen molar-refractivity contribution in [2.75, 3.05) is 5.32 Å². The summed E-state index contributed by atoms with van der Waals surface area (Å²) in [4.78, 5) is 20.3. The van der Waals surface area contributed by atoms with Crippen LogP contribution in [0.3, 0.4) is 0 Å². The zero-order chi connectivity index (χ0) is 16.2. The Morgan fingerprint density at radius 2 is 2.17 bits per heavy atom. The monoisotopic (exact) mass is 375 g/mol. The summed E-state index contributed by atoms with van der Waals surface area (Å²) in [6.45, 7) is 0. The summed E-state index contributed by atoms with van der Waals surface area (Å²) >= 11 is 3.09. The molecule has 0 aliphatic rings. The van der Waals surface area contributed by atoms with E-state index in [0.717, 1.165) is 0 Å². The van der Waals surface area contributed by atoms with Gasteiger partial charge in [0.15, 0.2) is 5.82 Å². The molecule has 0 aliphatic heterocycles. The Bertz CT molecular complexity index is 837. The van der Waals surface area contributed by atoms with Gasteiger partial charge < -0.3 is 0 Å². The largest absolute Gasteiger partial charge is 0.293 e. The van der Waals surface area contributed by atoms with Gasteiger partial charge in [-0.1, -0.05) is 12.1 Å². The van der Waals surface area contributed by atoms with Gasteiger partial charge in [-0.15, -0.1) is 5.10 Å². The SMILES string of the molecule is O=C(Cc1ccc(F)c(Br)c1)Nc1n[nH]c(-c2ccccn2)n1. The number of carbonyl (C=O) groups excluding carboxylic acids is 1. The average molecular weight is 376 g/mol. The van der Waals surface area contributed by atoms with Gasteiger partial charge in [0.25, 0.3) is 0 Å². The van der Waals surface area contributed by atoms with Gasteiger partial charge in [-0.3, -0.25) is 20.2 Å². The second kappa shape index (κ2) is 6.66. The van der Waals surface area contributed by atoms with Crippen molar-refractivity contribution in [3.8, 4) is 11.5 Å². The minimum absolute atomic E-state index is 0.0896. The molecule has 23 heavy (non-hydrogen) atoms. The van der Waals surface area contributed by atoms with E-state index in [2.05, 4.69) is 41.4 Å². The molecule has 0 bridgehead atoms. The van der Waals surface area contributed by atoms with Crippen molar-refractivity contribution in [3.05, 3.63) is 58.4 Å². The molecular formula is C15H11BrFN5O. The number of halogens is 2. The number of anilines is 1. The van der Waals surface area contributed by atoms with Crippen molar-refractivity contribution in [1.82, 2.24) is 20.2 Å². The lowest BCUT2D eigenvalue weighted by Gasteiger charge is -2.02. The van der Waals surface area contributed by atoms with Gasteiger partial charge in [0, 0.05) is 6.20 Å². The van der Waals surface area contributed by atoms with E-state index < -0.39 is 0 Å². The first-order valence-corrected chi connectivity index (χ1v) is 7.49. The second-order valence-electron chi connectivity index (χ2n) is 4.70. The van der Waals surface area contributed by atoms with Crippen LogP contribution in [0, 0.1) is 5.82 Å². The Morgan fingerprint density at radius 1 is 1.30 bits per heavy atom. The number of nitrogens with zero attached hydrogens (tertiary/aromatic N) is 3. The molecule has 2 heterocycles. The minimum atomic E-state index is -0.372. The van der Waals surface area contributed by atoms with E-state index in [1.165, 1.54) is 6.07 Å². The number of aromatic nitrogens is 4. The average Bonchev–Trinajstić information content (AvgIpc) is 3.00. The van der Waals surface area contributed by atoms with Crippen LogP contribution in [0.1, 0.15) is 5.56 Å². The first-order chi connectivity index (χ1) is 11.1. The predicted molar refractivity (Wildman–Crippen MR) is 86.0 cm³/mol. The maximum absolute atomic E-state index is 13.2. The number of hydrogen-bond acceptors (Lipinski definition) is 4. The van der Waals surface area contributed by atoms with Crippen LogP contribution in [0.25, 0.3) is 11.5 Å². The number of aromatic amines is 1. The molecule has 8 heteroatoms. The fourth-order valence-electron chi connectivity index (χ4n) is 1.94. The summed E-state index contributed by atoms with van der Waals surface area (Å²) in [6.07, 6.45) is 1.73. The highest BCUT2D eigenvalue weighted by Crippen LogP contribution is 2.17. The van der Waals surface area contributed by atoms with E-state index in [4.69, 9.17) is 0 Å². The van der Waals surface area contributed by atoms with Crippen molar-refractivity contribution in [1.29, 1.82) is 0 Å². The van der Waals surface area contributed by atoms with E-state index in [0.29, 0.717) is 21.6 Å². The van der Waals surface area contributed by atoms with Gasteiger partial charge in [-0.2, -0.15) is 4.98 Å². The number of hydrogen-bond donors (Lipinski definition) is 2. The van der Waals surface area contributed by atoms with Gasteiger partial charge >= 0.3 is 0 Å². The van der Waals surface area contributed by atoms with Crippen LogP contribution in [-0.4, -0.2) is 26.1 Å². The molecule has 0 unspecified atom stereocenters. The van der Waals surface area contributed by atoms with Crippen molar-refractivity contribution in [2.45, 2.75) is 6.42 Å². The molecule has 6 nitrogen and oxygen atoms in total. The fraction of sp³-hybridized carbons (Fsp3) is 0.0667. The normalized spacial score (nSPS) is 10.5. The predicted octanol–water partition coefficient (Wildman–Crippen LogP) is 2.95. The van der Waals surface area contributed by atoms with Crippen LogP contribution in [-0.2, 0) is 11.2 Å². The van der Waals surface area contributed by atoms with Gasteiger partial charge in [-0.25, -0.2) is 4.39 Å². The third-order valence-corrected chi connectivity index (χ3v) is 3.60. The number of rotatable bonds is 4. The van der Waals surface area contributed by atoms with E-state index >= 15 is 0 Å². The van der Waals surface area contributed by atoms with Crippen LogP contribution >= 0.6 is 15.9 Å². The highest BCUT2D eigenvalue weighted by Gasteiger charge is 2.11. The summed E-state index contributed by atoms with van der Waals surface area (Å²) in [7, 11) is 0. The number of amides is 1. The quantitative estimate of drug-likeness (QED) is 0.734. The standard InChI is InChI=1S/C15H11BrFN5O/c16-10-7-9(4-5-11(10)17)8-13(23)19-15-20-14(21-22-15)12-3-1-2-6-18-12/h1-7H,8H2,(H2,19,20,21,22,23). The lowest BCUT2D eigenvalue weighted by Crippen LogP contribution is -2.15. The molecule has 3 aromatic rings. The van der Waals surface area contributed by atoms with Crippen LogP contribution in [0.4, 0.5) is 10.3 Å². The molecule has 0 aliphatic carbocycles. The van der Waals surface area contributed by atoms with E-state index in [1.54, 1.807) is 30.5 Å². The van der Waals surface area contributed by atoms with Gasteiger partial charge in [0.05, 0.1) is 10.9 Å². The van der Waals surface area contributed by atoms with Crippen LogP contribution < -0.4 is 5.32 Å². The lowest BCUT2D eigenvalue weighted by atomic mass is 10.1. The Labute approximate surface area is 139 Å². The van der Waals surface area contributed by atoms with Crippen LogP contribution in [0.2, 0.25) is 0 Å². The number of pyridine rings is 1. The third-order valence-electron chi connectivity index (χ3n) is 2.99. The van der Waals surface area contributed by atoms with Crippen LogP contribution in [0.5, 0.6) is 0 Å². The first kappa shape index (κ1) is 15.3. The Kier molecular flexibility index (Phi) is 4.42. The van der Waals surface area contributed by atoms with Gasteiger partial charge in [0.2, 0.25) is 11.9 Å². The van der Waals surface area contributed by atoms with Crippen molar-refractivity contribution < 1.29 is 9.18 Å². The third kappa shape index (κ3) is 3.78. The molecule has 0 fully saturated rings. The zero-order valence-corrected chi connectivity index (χ0v) is 13.3. The summed E-state index contributed by atoms with van der Waals surface area (Å²) in [5.74, 6) is -0.0412. The molecule has 0 radical (unpaired) electrons. The maximum atomic E-state index is 13.2. The summed E-state index contributed by atoms with van der Waals surface area (Å²) < 4.78 is 13.5. The molecular weight excluding hydrogens is 365 g/mol. The number of H-pyrrole nitrogens is 1. The Hall–Kier alpha value is -2.61. The molecule has 1 amide bonds. The van der Waals surface area contributed by atoms with Gasteiger partial charge in [0.1, 0.15) is 11.5 Å². The Balaban J connectivity index is 1.66. The smallest absolute Gasteiger partial charge is 0.249 e. The molecule has 0 spiro atoms. The maximum Gasteiger partial charge on any atom is 0.249 e. The molecule has 2 N–H and O–H groups in total. The highest BCUT2D eigenvalue weighted by molar-refractivity contribution is 9.10. The van der Waals surface area contributed by atoms with Crippen molar-refractivity contribution in [3.63, 3.8) is 0 Å².